The molecule has 0 unspecified atom stereocenters. The van der Waals surface area contributed by atoms with Crippen molar-refractivity contribution in [1.29, 1.82) is 0 Å². The first-order valence-corrected chi connectivity index (χ1v) is 9.43. The van der Waals surface area contributed by atoms with E-state index in [1.807, 2.05) is 0 Å². The average Bonchev–Trinajstić information content (AvgIpc) is 2.88. The number of carboxylic acid groups (broad SMARTS) is 1. The lowest BCUT2D eigenvalue weighted by Gasteiger charge is -2.28. The first kappa shape index (κ1) is 15.9. The van der Waals surface area contributed by atoms with E-state index in [4.69, 9.17) is 0 Å². The Balaban J connectivity index is 2.03. The standard InChI is InChI=1S/C13H18N2O5S2/c16-8-2-5-15(6-3-8)22(19,20)13-11(12(17)18)9-1-4-14-7-10(9)21-13/h8,14,16H,1-7H2,(H,17,18). The lowest BCUT2D eigenvalue weighted by Crippen LogP contribution is -2.40. The number of fused-ring (bicyclic) bond motifs is 1. The maximum absolute atomic E-state index is 12.8. The van der Waals surface area contributed by atoms with Crippen molar-refractivity contribution in [3.05, 3.63) is 16.0 Å². The molecular formula is C13H18N2O5S2. The summed E-state index contributed by atoms with van der Waals surface area (Å²) in [5, 5.41) is 22.1. The summed E-state index contributed by atoms with van der Waals surface area (Å²) in [4.78, 5) is 12.4. The minimum absolute atomic E-state index is 0.0624. The number of hydrogen-bond acceptors (Lipinski definition) is 6. The highest BCUT2D eigenvalue weighted by atomic mass is 32.2. The number of thiophene rings is 1. The summed E-state index contributed by atoms with van der Waals surface area (Å²) in [6.45, 7) is 1.61. The van der Waals surface area contributed by atoms with Crippen molar-refractivity contribution in [3.63, 3.8) is 0 Å². The fourth-order valence-corrected chi connectivity index (χ4v) is 6.38. The second-order valence-electron chi connectivity index (χ2n) is 5.53. The Hall–Kier alpha value is -1.00. The molecule has 22 heavy (non-hydrogen) atoms. The quantitative estimate of drug-likeness (QED) is 0.724. The molecule has 1 saturated heterocycles. The highest BCUT2D eigenvalue weighted by Gasteiger charge is 2.36. The Bertz CT molecular complexity index is 690. The van der Waals surface area contributed by atoms with Crippen LogP contribution >= 0.6 is 11.3 Å². The van der Waals surface area contributed by atoms with E-state index in [-0.39, 0.29) is 22.9 Å². The van der Waals surface area contributed by atoms with Crippen LogP contribution in [0.1, 0.15) is 33.6 Å². The number of piperidine rings is 1. The predicted molar refractivity (Wildman–Crippen MR) is 80.7 cm³/mol. The number of aromatic carboxylic acids is 1. The summed E-state index contributed by atoms with van der Waals surface area (Å²) >= 11 is 1.06. The van der Waals surface area contributed by atoms with Crippen molar-refractivity contribution in [2.45, 2.75) is 36.1 Å². The molecule has 0 atom stereocenters. The minimum Gasteiger partial charge on any atom is -0.478 e. The van der Waals surface area contributed by atoms with Crippen LogP contribution in [0.4, 0.5) is 0 Å². The van der Waals surface area contributed by atoms with Gasteiger partial charge in [0.1, 0.15) is 4.21 Å². The summed E-state index contributed by atoms with van der Waals surface area (Å²) in [5.41, 5.74) is 0.583. The summed E-state index contributed by atoms with van der Waals surface area (Å²) < 4.78 is 26.8. The van der Waals surface area contributed by atoms with E-state index in [9.17, 15) is 23.4 Å². The molecule has 1 aromatic rings. The van der Waals surface area contributed by atoms with Crippen LogP contribution in [0.15, 0.2) is 4.21 Å². The zero-order valence-electron chi connectivity index (χ0n) is 11.9. The van der Waals surface area contributed by atoms with E-state index in [0.717, 1.165) is 16.2 Å². The third-order valence-electron chi connectivity index (χ3n) is 4.11. The van der Waals surface area contributed by atoms with E-state index in [1.54, 1.807) is 0 Å². The van der Waals surface area contributed by atoms with E-state index in [0.29, 0.717) is 37.9 Å². The Morgan fingerprint density at radius 2 is 2.00 bits per heavy atom. The van der Waals surface area contributed by atoms with Gasteiger partial charge in [0.05, 0.1) is 11.7 Å². The number of carboxylic acids is 1. The minimum atomic E-state index is -3.82. The Labute approximate surface area is 132 Å². The zero-order valence-corrected chi connectivity index (χ0v) is 13.5. The van der Waals surface area contributed by atoms with Gasteiger partial charge in [-0.3, -0.25) is 0 Å². The van der Waals surface area contributed by atoms with Crippen molar-refractivity contribution in [2.24, 2.45) is 0 Å². The van der Waals surface area contributed by atoms with Crippen molar-refractivity contribution < 1.29 is 23.4 Å². The van der Waals surface area contributed by atoms with E-state index in [1.165, 1.54) is 4.31 Å². The van der Waals surface area contributed by atoms with Gasteiger partial charge in [0.25, 0.3) is 10.0 Å². The van der Waals surface area contributed by atoms with Gasteiger partial charge in [0, 0.05) is 24.5 Å². The summed E-state index contributed by atoms with van der Waals surface area (Å²) in [6, 6.07) is 0. The molecule has 2 aliphatic rings. The van der Waals surface area contributed by atoms with Gasteiger partial charge in [0.2, 0.25) is 0 Å². The van der Waals surface area contributed by atoms with Gasteiger partial charge < -0.3 is 15.5 Å². The Kier molecular flexibility index (Phi) is 4.25. The van der Waals surface area contributed by atoms with Gasteiger partial charge >= 0.3 is 5.97 Å². The first-order valence-electron chi connectivity index (χ1n) is 7.18. The fraction of sp³-hybridized carbons (Fsp3) is 0.615. The van der Waals surface area contributed by atoms with Crippen LogP contribution in [0, 0.1) is 0 Å². The maximum atomic E-state index is 12.8. The average molecular weight is 346 g/mol. The third-order valence-corrected chi connectivity index (χ3v) is 7.73. The smallest absolute Gasteiger partial charge is 0.338 e. The monoisotopic (exact) mass is 346 g/mol. The molecule has 7 nitrogen and oxygen atoms in total. The van der Waals surface area contributed by atoms with Crippen LogP contribution in [0.2, 0.25) is 0 Å². The molecule has 9 heteroatoms. The number of nitrogens with one attached hydrogen (secondary N) is 1. The lowest BCUT2D eigenvalue weighted by atomic mass is 10.1. The third kappa shape index (κ3) is 2.67. The molecule has 1 fully saturated rings. The van der Waals surface area contributed by atoms with Crippen LogP contribution in [-0.4, -0.2) is 54.6 Å². The van der Waals surface area contributed by atoms with Gasteiger partial charge in [-0.2, -0.15) is 4.31 Å². The van der Waals surface area contributed by atoms with Crippen LogP contribution < -0.4 is 5.32 Å². The van der Waals surface area contributed by atoms with Crippen molar-refractivity contribution >= 4 is 27.3 Å². The molecule has 0 aliphatic carbocycles. The van der Waals surface area contributed by atoms with Crippen LogP contribution in [0.25, 0.3) is 0 Å². The van der Waals surface area contributed by atoms with Crippen molar-refractivity contribution in [2.75, 3.05) is 19.6 Å². The van der Waals surface area contributed by atoms with Gasteiger partial charge in [-0.25, -0.2) is 13.2 Å². The second kappa shape index (κ2) is 5.89. The van der Waals surface area contributed by atoms with Crippen LogP contribution in [0.5, 0.6) is 0 Å². The van der Waals surface area contributed by atoms with E-state index >= 15 is 0 Å². The topological polar surface area (TPSA) is 107 Å². The number of sulfonamides is 1. The molecule has 0 amide bonds. The van der Waals surface area contributed by atoms with Crippen molar-refractivity contribution in [3.8, 4) is 0 Å². The fourth-order valence-electron chi connectivity index (χ4n) is 2.91. The Morgan fingerprint density at radius 1 is 1.32 bits per heavy atom. The summed E-state index contributed by atoms with van der Waals surface area (Å²) in [5.74, 6) is -1.19. The van der Waals surface area contributed by atoms with E-state index < -0.39 is 22.1 Å². The maximum Gasteiger partial charge on any atom is 0.338 e. The second-order valence-corrected chi connectivity index (χ2v) is 8.77. The summed E-state index contributed by atoms with van der Waals surface area (Å²) in [6.07, 6.45) is 0.815. The van der Waals surface area contributed by atoms with Crippen LogP contribution in [0.3, 0.4) is 0 Å². The first-order chi connectivity index (χ1) is 10.4. The molecule has 122 valence electrons. The van der Waals surface area contributed by atoms with Gasteiger partial charge in [-0.15, -0.1) is 11.3 Å². The van der Waals surface area contributed by atoms with Crippen molar-refractivity contribution in [1.82, 2.24) is 9.62 Å². The molecule has 3 N–H and O–H groups in total. The highest BCUT2D eigenvalue weighted by Crippen LogP contribution is 2.36. The number of rotatable bonds is 3. The highest BCUT2D eigenvalue weighted by molar-refractivity contribution is 7.91. The summed E-state index contributed by atoms with van der Waals surface area (Å²) in [7, 11) is -3.82. The number of aliphatic hydroxyl groups excluding tert-OH is 1. The van der Waals surface area contributed by atoms with Gasteiger partial charge in [-0.05, 0) is 31.4 Å². The van der Waals surface area contributed by atoms with Gasteiger partial charge in [-0.1, -0.05) is 0 Å². The number of carbonyl (C=O) groups is 1. The molecule has 0 bridgehead atoms. The molecule has 1 aromatic heterocycles. The number of hydrogen-bond donors (Lipinski definition) is 3. The molecule has 0 aromatic carbocycles. The molecule has 0 radical (unpaired) electrons. The lowest BCUT2D eigenvalue weighted by molar-refractivity contribution is 0.0691. The molecule has 3 heterocycles. The van der Waals surface area contributed by atoms with Crippen LogP contribution in [-0.2, 0) is 23.0 Å². The molecular weight excluding hydrogens is 328 g/mol. The molecule has 0 spiro atoms. The number of nitrogens with zero attached hydrogens (tertiary/aromatic N) is 1. The zero-order chi connectivity index (χ0) is 15.9. The normalized spacial score (nSPS) is 20.8. The number of aliphatic hydroxyl groups is 1. The predicted octanol–water partition coefficient (Wildman–Crippen LogP) is 0.237. The van der Waals surface area contributed by atoms with E-state index in [2.05, 4.69) is 5.32 Å². The molecule has 0 saturated carbocycles. The van der Waals surface area contributed by atoms with Gasteiger partial charge in [0.15, 0.2) is 0 Å². The molecule has 3 rings (SSSR count). The largest absolute Gasteiger partial charge is 0.478 e. The Morgan fingerprint density at radius 3 is 2.64 bits per heavy atom. The SMILES string of the molecule is O=C(O)c1c(S(=O)(=O)N2CCC(O)CC2)sc2c1CCNC2. The molecule has 2 aliphatic heterocycles.